The Morgan fingerprint density at radius 3 is 2.92 bits per heavy atom. The molecule has 0 aliphatic carbocycles. The summed E-state index contributed by atoms with van der Waals surface area (Å²) in [6.07, 6.45) is 3.03. The minimum Gasteiger partial charge on any atom is -0.347 e. The largest absolute Gasteiger partial charge is 0.347 e. The van der Waals surface area contributed by atoms with Crippen LogP contribution in [-0.4, -0.2) is 50.5 Å². The van der Waals surface area contributed by atoms with Crippen molar-refractivity contribution in [3.8, 4) is 0 Å². The van der Waals surface area contributed by atoms with Crippen molar-refractivity contribution in [2.75, 3.05) is 38.6 Å². The molecule has 3 rings (SSSR count). The van der Waals surface area contributed by atoms with Crippen LogP contribution in [0.1, 0.15) is 16.9 Å². The van der Waals surface area contributed by atoms with Crippen molar-refractivity contribution in [1.82, 2.24) is 10.2 Å². The summed E-state index contributed by atoms with van der Waals surface area (Å²) in [6, 6.07) is 12.4. The standard InChI is InChI=1S/C20H26N4OS/c1-21-20(23(2)13-11-17-9-6-14-26-17)22-15-19(25)24-12-5-8-16-7-3-4-10-18(16)24/h3-4,6-7,9-10,14H,5,8,11-13,15H2,1-2H3,(H,21,22). The van der Waals surface area contributed by atoms with E-state index in [4.69, 9.17) is 0 Å². The summed E-state index contributed by atoms with van der Waals surface area (Å²) in [6.45, 7) is 1.90. The van der Waals surface area contributed by atoms with Crippen LogP contribution in [0.15, 0.2) is 46.8 Å². The lowest BCUT2D eigenvalue weighted by molar-refractivity contribution is -0.117. The van der Waals surface area contributed by atoms with Crippen LogP contribution in [0.5, 0.6) is 0 Å². The molecule has 2 aromatic rings. The van der Waals surface area contributed by atoms with Gasteiger partial charge in [-0.25, -0.2) is 0 Å². The summed E-state index contributed by atoms with van der Waals surface area (Å²) < 4.78 is 0. The lowest BCUT2D eigenvalue weighted by Gasteiger charge is -2.30. The Kier molecular flexibility index (Phi) is 6.28. The third kappa shape index (κ3) is 4.43. The van der Waals surface area contributed by atoms with Gasteiger partial charge in [-0.1, -0.05) is 24.3 Å². The number of likely N-dealkylation sites (N-methyl/N-ethyl adjacent to an activating group) is 1. The highest BCUT2D eigenvalue weighted by Gasteiger charge is 2.22. The van der Waals surface area contributed by atoms with E-state index in [1.807, 2.05) is 30.1 Å². The average Bonchev–Trinajstić information content (AvgIpc) is 3.19. The number of anilines is 1. The molecule has 0 atom stereocenters. The van der Waals surface area contributed by atoms with E-state index < -0.39 is 0 Å². The van der Waals surface area contributed by atoms with Crippen LogP contribution in [0.2, 0.25) is 0 Å². The molecule has 0 radical (unpaired) electrons. The van der Waals surface area contributed by atoms with E-state index in [0.717, 1.165) is 44.0 Å². The van der Waals surface area contributed by atoms with Gasteiger partial charge in [-0.3, -0.25) is 9.79 Å². The molecule has 0 saturated carbocycles. The van der Waals surface area contributed by atoms with Crippen LogP contribution in [-0.2, 0) is 17.6 Å². The van der Waals surface area contributed by atoms with Gasteiger partial charge in [0.1, 0.15) is 0 Å². The summed E-state index contributed by atoms with van der Waals surface area (Å²) >= 11 is 1.77. The molecular weight excluding hydrogens is 344 g/mol. The van der Waals surface area contributed by atoms with Gasteiger partial charge in [0.25, 0.3) is 0 Å². The van der Waals surface area contributed by atoms with Gasteiger partial charge in [0.15, 0.2) is 5.96 Å². The third-order valence-electron chi connectivity index (χ3n) is 4.66. The number of hydrogen-bond donors (Lipinski definition) is 1. The summed E-state index contributed by atoms with van der Waals surface area (Å²) in [4.78, 5) is 22.4. The van der Waals surface area contributed by atoms with Gasteiger partial charge in [0.05, 0.1) is 6.54 Å². The number of carbonyl (C=O) groups excluding carboxylic acids is 1. The molecule has 2 heterocycles. The van der Waals surface area contributed by atoms with Crippen molar-refractivity contribution >= 4 is 28.9 Å². The zero-order chi connectivity index (χ0) is 18.4. The number of thiophene rings is 1. The number of fused-ring (bicyclic) bond motifs is 1. The number of carbonyl (C=O) groups is 1. The van der Waals surface area contributed by atoms with Crippen molar-refractivity contribution < 1.29 is 4.79 Å². The average molecular weight is 371 g/mol. The summed E-state index contributed by atoms with van der Waals surface area (Å²) in [5, 5.41) is 5.31. The first-order chi connectivity index (χ1) is 12.7. The zero-order valence-electron chi connectivity index (χ0n) is 15.4. The maximum Gasteiger partial charge on any atom is 0.246 e. The van der Waals surface area contributed by atoms with Crippen LogP contribution >= 0.6 is 11.3 Å². The lowest BCUT2D eigenvalue weighted by atomic mass is 10.0. The number of hydrogen-bond acceptors (Lipinski definition) is 3. The smallest absolute Gasteiger partial charge is 0.246 e. The first-order valence-electron chi connectivity index (χ1n) is 9.01. The van der Waals surface area contributed by atoms with E-state index in [1.54, 1.807) is 18.4 Å². The van der Waals surface area contributed by atoms with Crippen LogP contribution in [0.25, 0.3) is 0 Å². The molecule has 1 aromatic heterocycles. The number of rotatable bonds is 5. The molecule has 1 aliphatic heterocycles. The molecular formula is C20H26N4OS. The predicted octanol–water partition coefficient (Wildman–Crippen LogP) is 2.78. The van der Waals surface area contributed by atoms with Gasteiger partial charge in [0.2, 0.25) is 5.91 Å². The van der Waals surface area contributed by atoms with Gasteiger partial charge >= 0.3 is 0 Å². The number of guanidine groups is 1. The van der Waals surface area contributed by atoms with E-state index >= 15 is 0 Å². The fourth-order valence-corrected chi connectivity index (χ4v) is 3.96. The molecule has 6 heteroatoms. The Morgan fingerprint density at radius 1 is 1.31 bits per heavy atom. The number of amides is 1. The minimum absolute atomic E-state index is 0.0879. The molecule has 138 valence electrons. The van der Waals surface area contributed by atoms with Gasteiger partial charge in [0, 0.05) is 37.7 Å². The van der Waals surface area contributed by atoms with E-state index in [2.05, 4.69) is 38.8 Å². The first kappa shape index (κ1) is 18.5. The Balaban J connectivity index is 1.54. The minimum atomic E-state index is 0.0879. The van der Waals surface area contributed by atoms with E-state index in [0.29, 0.717) is 0 Å². The number of aliphatic imine (C=N–C) groups is 1. The second-order valence-electron chi connectivity index (χ2n) is 6.43. The Hall–Kier alpha value is -2.34. The SMILES string of the molecule is CN=C(NCC(=O)N1CCCc2ccccc21)N(C)CCc1cccs1. The molecule has 1 amide bonds. The molecule has 0 spiro atoms. The molecule has 26 heavy (non-hydrogen) atoms. The first-order valence-corrected chi connectivity index (χ1v) is 9.89. The van der Waals surface area contributed by atoms with Gasteiger partial charge in [-0.05, 0) is 42.3 Å². The lowest BCUT2D eigenvalue weighted by Crippen LogP contribution is -2.46. The maximum atomic E-state index is 12.7. The maximum absolute atomic E-state index is 12.7. The molecule has 1 aromatic carbocycles. The number of para-hydroxylation sites is 1. The summed E-state index contributed by atoms with van der Waals surface area (Å²) in [5.74, 6) is 0.838. The molecule has 1 N–H and O–H groups in total. The van der Waals surface area contributed by atoms with Crippen LogP contribution < -0.4 is 10.2 Å². The summed E-state index contributed by atoms with van der Waals surface area (Å²) in [5.41, 5.74) is 2.30. The zero-order valence-corrected chi connectivity index (χ0v) is 16.3. The van der Waals surface area contributed by atoms with Crippen LogP contribution in [0.4, 0.5) is 5.69 Å². The monoisotopic (exact) mass is 370 g/mol. The molecule has 0 saturated heterocycles. The molecule has 1 aliphatic rings. The van der Waals surface area contributed by atoms with E-state index in [1.165, 1.54) is 10.4 Å². The van der Waals surface area contributed by atoms with Gasteiger partial charge in [-0.15, -0.1) is 11.3 Å². The van der Waals surface area contributed by atoms with Crippen molar-refractivity contribution in [2.24, 2.45) is 4.99 Å². The molecule has 5 nitrogen and oxygen atoms in total. The van der Waals surface area contributed by atoms with Crippen molar-refractivity contribution in [3.63, 3.8) is 0 Å². The topological polar surface area (TPSA) is 47.9 Å². The van der Waals surface area contributed by atoms with Crippen LogP contribution in [0, 0.1) is 0 Å². The Morgan fingerprint density at radius 2 is 2.15 bits per heavy atom. The molecule has 0 fully saturated rings. The second-order valence-corrected chi connectivity index (χ2v) is 7.46. The highest BCUT2D eigenvalue weighted by atomic mass is 32.1. The molecule has 0 unspecified atom stereocenters. The van der Waals surface area contributed by atoms with Crippen molar-refractivity contribution in [3.05, 3.63) is 52.2 Å². The van der Waals surface area contributed by atoms with E-state index in [9.17, 15) is 4.79 Å². The number of nitrogens with one attached hydrogen (secondary N) is 1. The normalized spacial score (nSPS) is 14.1. The Bertz CT molecular complexity index is 757. The fraction of sp³-hybridized carbons (Fsp3) is 0.400. The molecule has 0 bridgehead atoms. The number of nitrogens with zero attached hydrogens (tertiary/aromatic N) is 3. The summed E-state index contributed by atoms with van der Waals surface area (Å²) in [7, 11) is 3.76. The van der Waals surface area contributed by atoms with E-state index in [-0.39, 0.29) is 12.5 Å². The Labute approximate surface area is 159 Å². The third-order valence-corrected chi connectivity index (χ3v) is 5.59. The second kappa shape index (κ2) is 8.85. The number of benzene rings is 1. The highest BCUT2D eigenvalue weighted by Crippen LogP contribution is 2.26. The van der Waals surface area contributed by atoms with Gasteiger partial charge < -0.3 is 15.1 Å². The predicted molar refractivity (Wildman–Crippen MR) is 109 cm³/mol. The fourth-order valence-electron chi connectivity index (χ4n) is 3.27. The van der Waals surface area contributed by atoms with Crippen molar-refractivity contribution in [2.45, 2.75) is 19.3 Å². The quantitative estimate of drug-likeness (QED) is 0.650. The van der Waals surface area contributed by atoms with Crippen molar-refractivity contribution in [1.29, 1.82) is 0 Å². The number of aryl methyl sites for hydroxylation is 1. The van der Waals surface area contributed by atoms with Crippen LogP contribution in [0.3, 0.4) is 0 Å². The highest BCUT2D eigenvalue weighted by molar-refractivity contribution is 7.09. The van der Waals surface area contributed by atoms with Gasteiger partial charge in [-0.2, -0.15) is 0 Å².